The monoisotopic (exact) mass is 306 g/mol. The Bertz CT molecular complexity index is 406. The van der Waals surface area contributed by atoms with Crippen molar-refractivity contribution in [1.29, 1.82) is 0 Å². The molecule has 0 amide bonds. The Hall–Kier alpha value is -1.00. The van der Waals surface area contributed by atoms with Crippen LogP contribution in [0, 0.1) is 11.8 Å². The molecule has 0 bridgehead atoms. The molecule has 4 nitrogen and oxygen atoms in total. The van der Waals surface area contributed by atoms with E-state index in [1.54, 1.807) is 0 Å². The maximum Gasteiger partial charge on any atom is 0.138 e. The summed E-state index contributed by atoms with van der Waals surface area (Å²) in [5, 5.41) is 0. The quantitative estimate of drug-likeness (QED) is 0.746. The molecular weight excluding hydrogens is 276 g/mol. The van der Waals surface area contributed by atoms with Gasteiger partial charge in [-0.15, -0.1) is 0 Å². The van der Waals surface area contributed by atoms with E-state index in [-0.39, 0.29) is 11.8 Å². The first-order valence-electron chi connectivity index (χ1n) is 8.57. The summed E-state index contributed by atoms with van der Waals surface area (Å²) in [5.41, 5.74) is 0. The van der Waals surface area contributed by atoms with E-state index in [1.165, 1.54) is 0 Å². The van der Waals surface area contributed by atoms with Crippen LogP contribution >= 0.6 is 0 Å². The average Bonchev–Trinajstić information content (AvgIpc) is 2.45. The average molecular weight is 306 g/mol. The van der Waals surface area contributed by atoms with Gasteiger partial charge >= 0.3 is 0 Å². The lowest BCUT2D eigenvalue weighted by Crippen LogP contribution is -2.46. The number of nitrogens with zero attached hydrogens (tertiary/aromatic N) is 2. The first-order chi connectivity index (χ1) is 10.4. The molecule has 0 aliphatic carbocycles. The van der Waals surface area contributed by atoms with Crippen LogP contribution in [0.4, 0.5) is 0 Å². The highest BCUT2D eigenvalue weighted by Gasteiger charge is 2.29. The van der Waals surface area contributed by atoms with Gasteiger partial charge in [0, 0.05) is 62.9 Å². The first kappa shape index (κ1) is 17.4. The van der Waals surface area contributed by atoms with Crippen molar-refractivity contribution in [2.75, 3.05) is 26.2 Å². The summed E-state index contributed by atoms with van der Waals surface area (Å²) >= 11 is 0. The molecule has 2 aliphatic heterocycles. The number of rotatable bonds is 4. The summed E-state index contributed by atoms with van der Waals surface area (Å²) in [4.78, 5) is 28.2. The van der Waals surface area contributed by atoms with Crippen LogP contribution in [0.15, 0.2) is 12.2 Å². The number of ketones is 2. The fourth-order valence-corrected chi connectivity index (χ4v) is 3.44. The van der Waals surface area contributed by atoms with Crippen molar-refractivity contribution in [2.24, 2.45) is 11.8 Å². The normalized spacial score (nSPS) is 35.5. The van der Waals surface area contributed by atoms with Crippen molar-refractivity contribution < 1.29 is 9.59 Å². The Labute approximate surface area is 134 Å². The number of hydrogen-bond acceptors (Lipinski definition) is 4. The minimum Gasteiger partial charge on any atom is -0.299 e. The van der Waals surface area contributed by atoms with Crippen molar-refractivity contribution >= 4 is 11.6 Å². The fourth-order valence-electron chi connectivity index (χ4n) is 3.44. The second-order valence-corrected chi connectivity index (χ2v) is 7.22. The predicted molar refractivity (Wildman–Crippen MR) is 88.8 cm³/mol. The second kappa shape index (κ2) is 7.51. The van der Waals surface area contributed by atoms with E-state index in [1.807, 2.05) is 13.8 Å². The van der Waals surface area contributed by atoms with E-state index in [0.29, 0.717) is 36.5 Å². The first-order valence-corrected chi connectivity index (χ1v) is 8.57. The number of carbonyl (C=O) groups is 2. The van der Waals surface area contributed by atoms with Crippen molar-refractivity contribution in [2.45, 2.75) is 52.6 Å². The van der Waals surface area contributed by atoms with E-state index in [9.17, 15) is 9.59 Å². The molecule has 0 aromatic heterocycles. The Morgan fingerprint density at radius 3 is 1.55 bits per heavy atom. The molecule has 2 saturated heterocycles. The summed E-state index contributed by atoms with van der Waals surface area (Å²) in [6.07, 6.45) is 5.79. The van der Waals surface area contributed by atoms with Gasteiger partial charge in [-0.1, -0.05) is 26.0 Å². The maximum atomic E-state index is 11.7. The molecule has 0 N–H and O–H groups in total. The Kier molecular flexibility index (Phi) is 5.93. The Morgan fingerprint density at radius 2 is 1.18 bits per heavy atom. The van der Waals surface area contributed by atoms with Gasteiger partial charge in [-0.2, -0.15) is 0 Å². The van der Waals surface area contributed by atoms with E-state index in [2.05, 4.69) is 35.8 Å². The fraction of sp³-hybridized carbons (Fsp3) is 0.778. The molecule has 0 spiro atoms. The number of piperidine rings is 2. The number of carbonyl (C=O) groups excluding carboxylic acids is 2. The van der Waals surface area contributed by atoms with E-state index >= 15 is 0 Å². The van der Waals surface area contributed by atoms with E-state index in [4.69, 9.17) is 0 Å². The van der Waals surface area contributed by atoms with Gasteiger partial charge in [0.25, 0.3) is 0 Å². The topological polar surface area (TPSA) is 40.6 Å². The molecule has 2 fully saturated rings. The van der Waals surface area contributed by atoms with Crippen LogP contribution < -0.4 is 0 Å². The third-order valence-electron chi connectivity index (χ3n) is 5.20. The molecule has 2 heterocycles. The second-order valence-electron chi connectivity index (χ2n) is 7.22. The lowest BCUT2D eigenvalue weighted by Gasteiger charge is -2.36. The SMILES string of the molecule is C[C@@H]1CC(=O)[C@@H](C)CN1C/C=C/CN1C[C@H](C)C(=O)C[C@@H]1C. The zero-order valence-electron chi connectivity index (χ0n) is 14.4. The largest absolute Gasteiger partial charge is 0.299 e. The van der Waals surface area contributed by atoms with Crippen molar-refractivity contribution in [1.82, 2.24) is 9.80 Å². The van der Waals surface area contributed by atoms with Gasteiger partial charge in [0.2, 0.25) is 0 Å². The standard InChI is InChI=1S/C18H30N2O2/c1-13-11-19(15(3)9-17(13)21)7-5-6-8-20-12-14(2)18(22)10-16(20)4/h5-6,13-16H,7-12H2,1-4H3/b6-5+/t13-,14-,15-,16+/m0/s1. The molecule has 124 valence electrons. The molecule has 0 unspecified atom stereocenters. The molecule has 2 aliphatic rings. The van der Waals surface area contributed by atoms with Gasteiger partial charge < -0.3 is 0 Å². The molecular formula is C18H30N2O2. The minimum atomic E-state index is 0.165. The van der Waals surface area contributed by atoms with Crippen LogP contribution in [-0.4, -0.2) is 59.6 Å². The molecule has 22 heavy (non-hydrogen) atoms. The highest BCUT2D eigenvalue weighted by atomic mass is 16.1. The van der Waals surface area contributed by atoms with Gasteiger partial charge in [-0.05, 0) is 13.8 Å². The number of hydrogen-bond donors (Lipinski definition) is 0. The zero-order chi connectivity index (χ0) is 16.3. The summed E-state index contributed by atoms with van der Waals surface area (Å²) < 4.78 is 0. The molecule has 4 heteroatoms. The third-order valence-corrected chi connectivity index (χ3v) is 5.20. The van der Waals surface area contributed by atoms with Crippen molar-refractivity contribution in [3.8, 4) is 0 Å². The molecule has 0 radical (unpaired) electrons. The highest BCUT2D eigenvalue weighted by molar-refractivity contribution is 5.82. The summed E-state index contributed by atoms with van der Waals surface area (Å²) in [7, 11) is 0. The minimum absolute atomic E-state index is 0.165. The van der Waals surface area contributed by atoms with Crippen LogP contribution in [-0.2, 0) is 9.59 Å². The summed E-state index contributed by atoms with van der Waals surface area (Å²) in [5.74, 6) is 1.12. The lowest BCUT2D eigenvalue weighted by molar-refractivity contribution is -0.127. The van der Waals surface area contributed by atoms with Gasteiger partial charge in [-0.25, -0.2) is 0 Å². The Balaban J connectivity index is 1.78. The lowest BCUT2D eigenvalue weighted by atomic mass is 9.93. The van der Waals surface area contributed by atoms with Crippen LogP contribution in [0.3, 0.4) is 0 Å². The van der Waals surface area contributed by atoms with Crippen LogP contribution in [0.5, 0.6) is 0 Å². The zero-order valence-corrected chi connectivity index (χ0v) is 14.4. The van der Waals surface area contributed by atoms with Crippen LogP contribution in [0.2, 0.25) is 0 Å². The molecule has 2 rings (SSSR count). The summed E-state index contributed by atoms with van der Waals surface area (Å²) in [6.45, 7) is 11.9. The van der Waals surface area contributed by atoms with Crippen LogP contribution in [0.25, 0.3) is 0 Å². The van der Waals surface area contributed by atoms with Crippen molar-refractivity contribution in [3.05, 3.63) is 12.2 Å². The van der Waals surface area contributed by atoms with Gasteiger partial charge in [0.1, 0.15) is 11.6 Å². The van der Waals surface area contributed by atoms with Gasteiger partial charge in [-0.3, -0.25) is 19.4 Å². The van der Waals surface area contributed by atoms with Gasteiger partial charge in [0.05, 0.1) is 0 Å². The molecule has 0 aromatic carbocycles. The Morgan fingerprint density at radius 1 is 0.818 bits per heavy atom. The molecule has 0 aromatic rings. The van der Waals surface area contributed by atoms with E-state index < -0.39 is 0 Å². The number of likely N-dealkylation sites (tertiary alicyclic amines) is 2. The van der Waals surface area contributed by atoms with E-state index in [0.717, 1.165) is 26.2 Å². The highest BCUT2D eigenvalue weighted by Crippen LogP contribution is 2.19. The third kappa shape index (κ3) is 4.26. The van der Waals surface area contributed by atoms with Crippen LogP contribution in [0.1, 0.15) is 40.5 Å². The molecule has 0 saturated carbocycles. The van der Waals surface area contributed by atoms with Crippen molar-refractivity contribution in [3.63, 3.8) is 0 Å². The van der Waals surface area contributed by atoms with Gasteiger partial charge in [0.15, 0.2) is 0 Å². The smallest absolute Gasteiger partial charge is 0.138 e. The molecule has 4 atom stereocenters. The summed E-state index contributed by atoms with van der Waals surface area (Å²) in [6, 6.07) is 0.694. The predicted octanol–water partition coefficient (Wildman–Crippen LogP) is 2.14. The maximum absolute atomic E-state index is 11.7. The number of Topliss-reactive ketones (excluding diaryl/α,β-unsaturated/α-hetero) is 2.